The summed E-state index contributed by atoms with van der Waals surface area (Å²) in [6.45, 7) is 2.78. The molecule has 2 N–H and O–H groups in total. The number of benzene rings is 1. The first-order chi connectivity index (χ1) is 7.92. The second-order valence-corrected chi connectivity index (χ2v) is 6.54. The second-order valence-electron chi connectivity index (χ2n) is 4.03. The van der Waals surface area contributed by atoms with Gasteiger partial charge in [0.25, 0.3) is 0 Å². The molecule has 0 aliphatic rings. The molecular formula is C12H18O4S. The maximum Gasteiger partial charge on any atom is 0.158 e. The van der Waals surface area contributed by atoms with Crippen LogP contribution in [0.3, 0.4) is 0 Å². The molecule has 0 spiro atoms. The highest BCUT2D eigenvalue weighted by atomic mass is 32.2. The van der Waals surface area contributed by atoms with Crippen LogP contribution < -0.4 is 0 Å². The molecule has 0 aromatic heterocycles. The highest BCUT2D eigenvalue weighted by molar-refractivity contribution is 7.92. The van der Waals surface area contributed by atoms with Crippen LogP contribution in [0.5, 0.6) is 0 Å². The number of hydrogen-bond acceptors (Lipinski definition) is 4. The van der Waals surface area contributed by atoms with Crippen molar-refractivity contribution >= 4 is 9.84 Å². The first-order valence-corrected chi connectivity index (χ1v) is 7.21. The van der Waals surface area contributed by atoms with Gasteiger partial charge in [0.2, 0.25) is 0 Å². The van der Waals surface area contributed by atoms with Crippen molar-refractivity contribution in [1.29, 1.82) is 0 Å². The van der Waals surface area contributed by atoms with Gasteiger partial charge >= 0.3 is 0 Å². The number of aryl methyl sites for hydroxylation is 1. The Bertz CT molecular complexity index is 467. The van der Waals surface area contributed by atoms with E-state index in [4.69, 9.17) is 5.11 Å². The summed E-state index contributed by atoms with van der Waals surface area (Å²) in [5.74, 6) is -0.0961. The second kappa shape index (κ2) is 5.62. The van der Waals surface area contributed by atoms with Crippen molar-refractivity contribution in [2.45, 2.75) is 25.2 Å². The predicted molar refractivity (Wildman–Crippen MR) is 66.5 cm³/mol. The molecular weight excluding hydrogens is 240 g/mol. The Hall–Kier alpha value is -0.910. The number of aliphatic hydroxyl groups excluding tert-OH is 2. The van der Waals surface area contributed by atoms with Crippen molar-refractivity contribution in [3.63, 3.8) is 0 Å². The molecule has 0 unspecified atom stereocenters. The first-order valence-electron chi connectivity index (χ1n) is 5.49. The number of rotatable bonds is 5. The van der Waals surface area contributed by atoms with Crippen molar-refractivity contribution in [3.8, 4) is 0 Å². The van der Waals surface area contributed by atoms with Gasteiger partial charge in [-0.3, -0.25) is 0 Å². The summed E-state index contributed by atoms with van der Waals surface area (Å²) in [7, 11) is -3.47. The average Bonchev–Trinajstić information content (AvgIpc) is 2.29. The number of aliphatic hydroxyl groups is 2. The summed E-state index contributed by atoms with van der Waals surface area (Å²) < 4.78 is 23.4. The molecule has 0 amide bonds. The van der Waals surface area contributed by atoms with Crippen LogP contribution in [0.15, 0.2) is 24.3 Å². The van der Waals surface area contributed by atoms with Gasteiger partial charge in [0.1, 0.15) is 5.25 Å². The lowest BCUT2D eigenvalue weighted by atomic mass is 10.0. The lowest BCUT2D eigenvalue weighted by Crippen LogP contribution is -2.33. The van der Waals surface area contributed by atoms with Crippen LogP contribution in [-0.2, 0) is 9.84 Å². The topological polar surface area (TPSA) is 74.6 Å². The molecule has 96 valence electrons. The fourth-order valence-corrected chi connectivity index (χ4v) is 2.90. The fraction of sp³-hybridized carbons (Fsp3) is 0.500. The van der Waals surface area contributed by atoms with Gasteiger partial charge in [-0.25, -0.2) is 8.42 Å². The zero-order valence-corrected chi connectivity index (χ0v) is 10.8. The van der Waals surface area contributed by atoms with Crippen molar-refractivity contribution in [3.05, 3.63) is 35.4 Å². The van der Waals surface area contributed by atoms with Crippen LogP contribution in [0, 0.1) is 6.92 Å². The molecule has 4 nitrogen and oxygen atoms in total. The van der Waals surface area contributed by atoms with E-state index in [1.807, 2.05) is 13.0 Å². The van der Waals surface area contributed by atoms with E-state index in [1.54, 1.807) is 18.2 Å². The predicted octanol–water partition coefficient (Wildman–Crippen LogP) is 0.824. The number of hydrogen-bond donors (Lipinski definition) is 2. The molecule has 0 heterocycles. The van der Waals surface area contributed by atoms with Crippen molar-refractivity contribution in [1.82, 2.24) is 0 Å². The third-order valence-electron chi connectivity index (χ3n) is 2.78. The Morgan fingerprint density at radius 1 is 1.35 bits per heavy atom. The Kier molecular flexibility index (Phi) is 4.68. The normalized spacial score (nSPS) is 15.5. The minimum atomic E-state index is -3.47. The molecule has 0 saturated carbocycles. The van der Waals surface area contributed by atoms with Crippen LogP contribution in [0.2, 0.25) is 0 Å². The highest BCUT2D eigenvalue weighted by Crippen LogP contribution is 2.23. The van der Waals surface area contributed by atoms with Crippen LogP contribution in [0.1, 0.15) is 24.2 Å². The molecule has 0 aliphatic heterocycles. The van der Waals surface area contributed by atoms with Gasteiger partial charge < -0.3 is 10.2 Å². The molecule has 5 heteroatoms. The molecule has 0 radical (unpaired) electrons. The quantitative estimate of drug-likeness (QED) is 0.820. The van der Waals surface area contributed by atoms with E-state index in [0.717, 1.165) is 5.56 Å². The Balaban J connectivity index is 3.06. The van der Waals surface area contributed by atoms with Crippen LogP contribution >= 0.6 is 0 Å². The van der Waals surface area contributed by atoms with Gasteiger partial charge in [-0.05, 0) is 12.5 Å². The minimum absolute atomic E-state index is 0.0961. The van der Waals surface area contributed by atoms with Crippen LogP contribution in [0.4, 0.5) is 0 Å². The van der Waals surface area contributed by atoms with E-state index in [9.17, 15) is 13.5 Å². The summed E-state index contributed by atoms with van der Waals surface area (Å²) in [5.41, 5.74) is 1.45. The summed E-state index contributed by atoms with van der Waals surface area (Å²) in [6, 6.07) is 6.99. The molecule has 2 atom stereocenters. The molecule has 1 aromatic rings. The largest absolute Gasteiger partial charge is 0.395 e. The number of sulfone groups is 1. The highest BCUT2D eigenvalue weighted by Gasteiger charge is 2.31. The zero-order valence-electron chi connectivity index (χ0n) is 10.00. The maximum absolute atomic E-state index is 11.7. The van der Waals surface area contributed by atoms with Crippen molar-refractivity contribution in [2.75, 3.05) is 12.4 Å². The van der Waals surface area contributed by atoms with Gasteiger partial charge in [0.15, 0.2) is 9.84 Å². The van der Waals surface area contributed by atoms with Crippen LogP contribution in [0.25, 0.3) is 0 Å². The van der Waals surface area contributed by atoms with Gasteiger partial charge in [0.05, 0.1) is 12.7 Å². The summed E-state index contributed by atoms with van der Waals surface area (Å²) >= 11 is 0. The zero-order chi connectivity index (χ0) is 13.1. The smallest absolute Gasteiger partial charge is 0.158 e. The molecule has 1 aromatic carbocycles. The van der Waals surface area contributed by atoms with Gasteiger partial charge in [-0.2, -0.15) is 0 Å². The Morgan fingerprint density at radius 2 is 2.00 bits per heavy atom. The first kappa shape index (κ1) is 14.2. The van der Waals surface area contributed by atoms with Gasteiger partial charge in [-0.15, -0.1) is 0 Å². The lowest BCUT2D eigenvalue weighted by Gasteiger charge is -2.21. The summed E-state index contributed by atoms with van der Waals surface area (Å²) in [4.78, 5) is 0. The summed E-state index contributed by atoms with van der Waals surface area (Å²) in [5, 5.41) is 18.0. The molecule has 17 heavy (non-hydrogen) atoms. The molecule has 0 saturated heterocycles. The fourth-order valence-electron chi connectivity index (χ4n) is 1.69. The minimum Gasteiger partial charge on any atom is -0.395 e. The van der Waals surface area contributed by atoms with Crippen molar-refractivity contribution in [2.24, 2.45) is 0 Å². The third kappa shape index (κ3) is 3.28. The van der Waals surface area contributed by atoms with E-state index >= 15 is 0 Å². The lowest BCUT2D eigenvalue weighted by molar-refractivity contribution is 0.138. The standard InChI is InChI=1S/C12H18O4S/c1-3-17(15,16)11(8-13)12(14)10-6-4-5-9(2)7-10/h4-7,11-14H,3,8H2,1-2H3/t11-,12-/m0/s1. The molecule has 0 fully saturated rings. The average molecular weight is 258 g/mol. The molecule has 1 rings (SSSR count). The van der Waals surface area contributed by atoms with Gasteiger partial charge in [0, 0.05) is 5.75 Å². The molecule has 0 bridgehead atoms. The van der Waals surface area contributed by atoms with E-state index in [0.29, 0.717) is 5.56 Å². The Morgan fingerprint density at radius 3 is 2.47 bits per heavy atom. The van der Waals surface area contributed by atoms with Crippen molar-refractivity contribution < 1.29 is 18.6 Å². The SMILES string of the molecule is CCS(=O)(=O)[C@@H](CO)[C@@H](O)c1cccc(C)c1. The van der Waals surface area contributed by atoms with E-state index < -0.39 is 27.8 Å². The van der Waals surface area contributed by atoms with E-state index in [2.05, 4.69) is 0 Å². The Labute approximate surface area is 102 Å². The van der Waals surface area contributed by atoms with E-state index in [1.165, 1.54) is 6.92 Å². The third-order valence-corrected chi connectivity index (χ3v) is 4.91. The van der Waals surface area contributed by atoms with E-state index in [-0.39, 0.29) is 5.75 Å². The van der Waals surface area contributed by atoms with Crippen LogP contribution in [-0.4, -0.2) is 36.2 Å². The maximum atomic E-state index is 11.7. The summed E-state index contributed by atoms with van der Waals surface area (Å²) in [6.07, 6.45) is -1.19. The molecule has 0 aliphatic carbocycles. The van der Waals surface area contributed by atoms with Gasteiger partial charge in [-0.1, -0.05) is 36.8 Å². The monoisotopic (exact) mass is 258 g/mol.